The molecule has 4 nitrogen and oxygen atoms in total. The first kappa shape index (κ1) is 9.54. The van der Waals surface area contributed by atoms with Gasteiger partial charge in [0.25, 0.3) is 0 Å². The molecule has 0 bridgehead atoms. The van der Waals surface area contributed by atoms with Crippen LogP contribution < -0.4 is 10.2 Å². The van der Waals surface area contributed by atoms with Crippen LogP contribution in [0.15, 0.2) is 30.6 Å². The summed E-state index contributed by atoms with van der Waals surface area (Å²) in [7, 11) is 0. The molecule has 1 aliphatic rings. The summed E-state index contributed by atoms with van der Waals surface area (Å²) in [4.78, 5) is 11.1. The predicted molar refractivity (Wildman–Crippen MR) is 64.6 cm³/mol. The quantitative estimate of drug-likeness (QED) is 0.770. The van der Waals surface area contributed by atoms with Gasteiger partial charge >= 0.3 is 0 Å². The summed E-state index contributed by atoms with van der Waals surface area (Å²) in [6, 6.07) is 5.99. The fourth-order valence-corrected chi connectivity index (χ4v) is 2.13. The van der Waals surface area contributed by atoms with E-state index in [9.17, 15) is 0 Å². The summed E-state index contributed by atoms with van der Waals surface area (Å²) in [6.45, 7) is 4.15. The zero-order chi connectivity index (χ0) is 10.8. The first-order valence-corrected chi connectivity index (χ1v) is 5.60. The number of anilines is 1. The number of piperazine rings is 1. The van der Waals surface area contributed by atoms with Crippen molar-refractivity contribution in [3.05, 3.63) is 30.6 Å². The molecule has 0 atom stereocenters. The third-order valence-corrected chi connectivity index (χ3v) is 2.93. The monoisotopic (exact) mass is 214 g/mol. The minimum Gasteiger partial charge on any atom is -0.367 e. The Morgan fingerprint density at radius 2 is 1.94 bits per heavy atom. The van der Waals surface area contributed by atoms with Crippen molar-refractivity contribution in [1.82, 2.24) is 15.3 Å². The van der Waals surface area contributed by atoms with E-state index in [1.54, 1.807) is 0 Å². The second-order valence-corrected chi connectivity index (χ2v) is 3.94. The van der Waals surface area contributed by atoms with Gasteiger partial charge < -0.3 is 10.2 Å². The van der Waals surface area contributed by atoms with E-state index in [0.717, 1.165) is 37.2 Å². The molecule has 1 aliphatic heterocycles. The van der Waals surface area contributed by atoms with Crippen LogP contribution in [0.5, 0.6) is 0 Å². The third-order valence-electron chi connectivity index (χ3n) is 2.93. The fourth-order valence-electron chi connectivity index (χ4n) is 2.13. The molecule has 0 aromatic carbocycles. The van der Waals surface area contributed by atoms with E-state index in [-0.39, 0.29) is 0 Å². The highest BCUT2D eigenvalue weighted by atomic mass is 15.2. The Morgan fingerprint density at radius 1 is 1.06 bits per heavy atom. The van der Waals surface area contributed by atoms with E-state index >= 15 is 0 Å². The van der Waals surface area contributed by atoms with Crippen LogP contribution in [-0.4, -0.2) is 36.1 Å². The molecular weight excluding hydrogens is 200 g/mol. The Hall–Kier alpha value is -1.68. The average Bonchev–Trinajstić information content (AvgIpc) is 2.39. The van der Waals surface area contributed by atoms with Crippen molar-refractivity contribution in [2.75, 3.05) is 31.1 Å². The van der Waals surface area contributed by atoms with Crippen LogP contribution in [-0.2, 0) is 0 Å². The van der Waals surface area contributed by atoms with E-state index in [1.807, 2.05) is 24.5 Å². The normalized spacial score (nSPS) is 16.6. The van der Waals surface area contributed by atoms with Crippen molar-refractivity contribution in [1.29, 1.82) is 0 Å². The number of hydrogen-bond donors (Lipinski definition) is 1. The van der Waals surface area contributed by atoms with Gasteiger partial charge in [-0.2, -0.15) is 0 Å². The zero-order valence-electron chi connectivity index (χ0n) is 9.06. The number of hydrogen-bond acceptors (Lipinski definition) is 4. The van der Waals surface area contributed by atoms with Gasteiger partial charge in [0, 0.05) is 38.6 Å². The summed E-state index contributed by atoms with van der Waals surface area (Å²) >= 11 is 0. The summed E-state index contributed by atoms with van der Waals surface area (Å²) in [5, 5.41) is 3.35. The van der Waals surface area contributed by atoms with E-state index in [4.69, 9.17) is 0 Å². The summed E-state index contributed by atoms with van der Waals surface area (Å²) in [5.41, 5.74) is 3.18. The molecule has 3 rings (SSSR count). The maximum absolute atomic E-state index is 4.43. The molecule has 0 unspecified atom stereocenters. The Labute approximate surface area is 94.3 Å². The first-order chi connectivity index (χ1) is 7.95. The highest BCUT2D eigenvalue weighted by molar-refractivity contribution is 5.87. The Kier molecular flexibility index (Phi) is 2.42. The van der Waals surface area contributed by atoms with Crippen LogP contribution >= 0.6 is 0 Å². The second kappa shape index (κ2) is 4.06. The molecule has 1 fully saturated rings. The lowest BCUT2D eigenvalue weighted by Gasteiger charge is -2.29. The lowest BCUT2D eigenvalue weighted by atomic mass is 10.2. The van der Waals surface area contributed by atoms with Gasteiger partial charge in [0.1, 0.15) is 5.52 Å². The molecule has 16 heavy (non-hydrogen) atoms. The Bertz CT molecular complexity index is 486. The minimum atomic E-state index is 0.971. The Balaban J connectivity index is 2.08. The number of nitrogens with zero attached hydrogens (tertiary/aromatic N) is 3. The van der Waals surface area contributed by atoms with Gasteiger partial charge in [-0.25, -0.2) is 0 Å². The number of nitrogens with one attached hydrogen (secondary N) is 1. The number of aromatic nitrogens is 2. The van der Waals surface area contributed by atoms with Crippen LogP contribution in [0.1, 0.15) is 0 Å². The molecule has 4 heteroatoms. The number of pyridine rings is 2. The van der Waals surface area contributed by atoms with E-state index in [2.05, 4.69) is 26.3 Å². The Morgan fingerprint density at radius 3 is 2.81 bits per heavy atom. The zero-order valence-corrected chi connectivity index (χ0v) is 9.06. The number of fused-ring (bicyclic) bond motifs is 1. The molecular formula is C12H14N4. The molecule has 2 aromatic rings. The maximum Gasteiger partial charge on any atom is 0.112 e. The smallest absolute Gasteiger partial charge is 0.112 e. The lowest BCUT2D eigenvalue weighted by Crippen LogP contribution is -2.43. The molecule has 82 valence electrons. The molecule has 0 saturated carbocycles. The molecule has 1 saturated heterocycles. The average molecular weight is 214 g/mol. The van der Waals surface area contributed by atoms with Crippen molar-refractivity contribution < 1.29 is 0 Å². The van der Waals surface area contributed by atoms with Crippen LogP contribution in [0.25, 0.3) is 11.0 Å². The van der Waals surface area contributed by atoms with E-state index < -0.39 is 0 Å². The SMILES string of the molecule is c1cnc2c(N3CCNCC3)ccnc2c1. The summed E-state index contributed by atoms with van der Waals surface area (Å²) in [6.07, 6.45) is 3.69. The minimum absolute atomic E-state index is 0.971. The summed E-state index contributed by atoms with van der Waals surface area (Å²) in [5.74, 6) is 0. The van der Waals surface area contributed by atoms with Crippen molar-refractivity contribution in [2.45, 2.75) is 0 Å². The number of rotatable bonds is 1. The highest BCUT2D eigenvalue weighted by Gasteiger charge is 2.13. The van der Waals surface area contributed by atoms with Gasteiger partial charge in [-0.15, -0.1) is 0 Å². The van der Waals surface area contributed by atoms with Gasteiger partial charge in [-0.05, 0) is 18.2 Å². The second-order valence-electron chi connectivity index (χ2n) is 3.94. The summed E-state index contributed by atoms with van der Waals surface area (Å²) < 4.78 is 0. The van der Waals surface area contributed by atoms with Gasteiger partial charge in [-0.3, -0.25) is 9.97 Å². The topological polar surface area (TPSA) is 41.1 Å². The third kappa shape index (κ3) is 1.61. The molecule has 0 radical (unpaired) electrons. The fraction of sp³-hybridized carbons (Fsp3) is 0.333. The van der Waals surface area contributed by atoms with Gasteiger partial charge in [0.2, 0.25) is 0 Å². The van der Waals surface area contributed by atoms with Gasteiger partial charge in [-0.1, -0.05) is 0 Å². The van der Waals surface area contributed by atoms with E-state index in [0.29, 0.717) is 0 Å². The maximum atomic E-state index is 4.43. The first-order valence-electron chi connectivity index (χ1n) is 5.60. The van der Waals surface area contributed by atoms with Crippen LogP contribution in [0, 0.1) is 0 Å². The van der Waals surface area contributed by atoms with Crippen molar-refractivity contribution in [3.63, 3.8) is 0 Å². The van der Waals surface area contributed by atoms with Crippen molar-refractivity contribution in [2.24, 2.45) is 0 Å². The predicted octanol–water partition coefficient (Wildman–Crippen LogP) is 1.04. The molecule has 3 heterocycles. The standard InChI is InChI=1S/C12H14N4/c1-2-10-12(15-4-1)11(3-5-14-10)16-8-6-13-7-9-16/h1-5,13H,6-9H2. The van der Waals surface area contributed by atoms with Gasteiger partial charge in [0.15, 0.2) is 0 Å². The largest absolute Gasteiger partial charge is 0.367 e. The van der Waals surface area contributed by atoms with E-state index in [1.165, 1.54) is 5.69 Å². The molecule has 0 aliphatic carbocycles. The molecule has 0 amide bonds. The van der Waals surface area contributed by atoms with Crippen LogP contribution in [0.3, 0.4) is 0 Å². The highest BCUT2D eigenvalue weighted by Crippen LogP contribution is 2.22. The molecule has 2 aromatic heterocycles. The molecule has 0 spiro atoms. The van der Waals surface area contributed by atoms with Crippen LogP contribution in [0.2, 0.25) is 0 Å². The van der Waals surface area contributed by atoms with Crippen molar-refractivity contribution in [3.8, 4) is 0 Å². The van der Waals surface area contributed by atoms with Crippen LogP contribution in [0.4, 0.5) is 5.69 Å². The van der Waals surface area contributed by atoms with Crippen molar-refractivity contribution >= 4 is 16.7 Å². The molecule has 1 N–H and O–H groups in total. The van der Waals surface area contributed by atoms with Gasteiger partial charge in [0.05, 0.1) is 11.2 Å². The lowest BCUT2D eigenvalue weighted by molar-refractivity contribution is 0.590.